The highest BCUT2D eigenvalue weighted by molar-refractivity contribution is 5.88. The van der Waals surface area contributed by atoms with Gasteiger partial charge in [0.15, 0.2) is 11.6 Å². The highest BCUT2D eigenvalue weighted by Gasteiger charge is 2.22. The number of hydrogen-bond donors (Lipinski definition) is 1. The summed E-state index contributed by atoms with van der Waals surface area (Å²) in [6.07, 6.45) is 1.76. The summed E-state index contributed by atoms with van der Waals surface area (Å²) in [6, 6.07) is 11.1. The third kappa shape index (κ3) is 3.29. The van der Waals surface area contributed by atoms with Crippen LogP contribution in [0, 0.1) is 11.6 Å². The second-order valence-electron chi connectivity index (χ2n) is 8.27. The maximum atomic E-state index is 15.0. The number of rotatable bonds is 2. The van der Waals surface area contributed by atoms with E-state index in [2.05, 4.69) is 34.1 Å². The van der Waals surface area contributed by atoms with Gasteiger partial charge in [-0.3, -0.25) is 4.68 Å². The van der Waals surface area contributed by atoms with Crippen LogP contribution in [-0.2, 0) is 7.05 Å². The van der Waals surface area contributed by atoms with Crippen molar-refractivity contribution in [2.45, 2.75) is 25.9 Å². The first-order valence-electron chi connectivity index (χ1n) is 10.1. The first kappa shape index (κ1) is 18.9. The molecule has 1 aliphatic heterocycles. The number of nitrogens with zero attached hydrogens (tertiary/aromatic N) is 4. The third-order valence-electron chi connectivity index (χ3n) is 5.63. The lowest BCUT2D eigenvalue weighted by atomic mass is 10.1. The number of anilines is 1. The van der Waals surface area contributed by atoms with Crippen molar-refractivity contribution in [1.29, 1.82) is 0 Å². The molecule has 3 heterocycles. The average molecular weight is 407 g/mol. The molecule has 0 unspecified atom stereocenters. The van der Waals surface area contributed by atoms with Crippen LogP contribution in [0.25, 0.3) is 33.1 Å². The van der Waals surface area contributed by atoms with E-state index < -0.39 is 5.82 Å². The molecule has 0 amide bonds. The van der Waals surface area contributed by atoms with E-state index in [0.717, 1.165) is 24.2 Å². The molecular formula is C23H23F2N5. The minimum absolute atomic E-state index is 0.291. The largest absolute Gasteiger partial charge is 0.368 e. The second-order valence-corrected chi connectivity index (χ2v) is 8.27. The summed E-state index contributed by atoms with van der Waals surface area (Å²) in [5.74, 6) is -0.783. The number of pyridine rings is 1. The summed E-state index contributed by atoms with van der Waals surface area (Å²) in [4.78, 5) is 6.72. The first-order valence-corrected chi connectivity index (χ1v) is 10.1. The van der Waals surface area contributed by atoms with Crippen molar-refractivity contribution in [1.82, 2.24) is 20.1 Å². The molecule has 0 saturated carbocycles. The second kappa shape index (κ2) is 7.02. The zero-order valence-corrected chi connectivity index (χ0v) is 17.2. The molecule has 0 aliphatic carbocycles. The summed E-state index contributed by atoms with van der Waals surface area (Å²) in [7, 11) is 1.75. The Labute approximate surface area is 173 Å². The fourth-order valence-electron chi connectivity index (χ4n) is 4.42. The first-order chi connectivity index (χ1) is 14.4. The van der Waals surface area contributed by atoms with Gasteiger partial charge in [-0.05, 0) is 44.2 Å². The number of benzene rings is 2. The van der Waals surface area contributed by atoms with Crippen LogP contribution in [0.2, 0.25) is 0 Å². The van der Waals surface area contributed by atoms with E-state index in [9.17, 15) is 4.39 Å². The molecule has 154 valence electrons. The summed E-state index contributed by atoms with van der Waals surface area (Å²) in [6.45, 7) is 5.91. The van der Waals surface area contributed by atoms with E-state index in [0.29, 0.717) is 39.8 Å². The van der Waals surface area contributed by atoms with Crippen molar-refractivity contribution in [3.63, 3.8) is 0 Å². The Balaban J connectivity index is 1.56. The van der Waals surface area contributed by atoms with Gasteiger partial charge in [0.2, 0.25) is 0 Å². The molecule has 0 bridgehead atoms. The summed E-state index contributed by atoms with van der Waals surface area (Å²) < 4.78 is 31.1. The molecule has 1 N–H and O–H groups in total. The van der Waals surface area contributed by atoms with Gasteiger partial charge in [0.05, 0.1) is 5.69 Å². The Hall–Kier alpha value is -3.06. The minimum atomic E-state index is -0.414. The smallest absolute Gasteiger partial charge is 0.151 e. The van der Waals surface area contributed by atoms with Gasteiger partial charge < -0.3 is 10.2 Å². The zero-order chi connectivity index (χ0) is 21.0. The molecule has 2 atom stereocenters. The molecular weight excluding hydrogens is 384 g/mol. The average Bonchev–Trinajstić information content (AvgIpc) is 3.08. The van der Waals surface area contributed by atoms with Crippen LogP contribution >= 0.6 is 0 Å². The SMILES string of the molecule is C[C@@H]1CN(c2cc(F)c3nc(-c4cc(F)c5nn(C)cc5c4)ccc3c2)C[C@H](C)N1. The molecule has 1 fully saturated rings. The van der Waals surface area contributed by atoms with Crippen LogP contribution < -0.4 is 10.2 Å². The van der Waals surface area contributed by atoms with Crippen molar-refractivity contribution in [2.24, 2.45) is 7.05 Å². The van der Waals surface area contributed by atoms with Crippen LogP contribution in [0.3, 0.4) is 0 Å². The Morgan fingerprint density at radius 3 is 2.43 bits per heavy atom. The molecule has 5 nitrogen and oxygen atoms in total. The molecule has 2 aromatic heterocycles. The molecule has 1 saturated heterocycles. The van der Waals surface area contributed by atoms with Crippen LogP contribution in [-0.4, -0.2) is 39.9 Å². The van der Waals surface area contributed by atoms with E-state index in [-0.39, 0.29) is 5.82 Å². The fourth-order valence-corrected chi connectivity index (χ4v) is 4.42. The normalized spacial score (nSPS) is 19.7. The number of halogens is 2. The van der Waals surface area contributed by atoms with Gasteiger partial charge in [0, 0.05) is 60.4 Å². The lowest BCUT2D eigenvalue weighted by Crippen LogP contribution is -2.54. The van der Waals surface area contributed by atoms with Crippen molar-refractivity contribution >= 4 is 27.5 Å². The lowest BCUT2D eigenvalue weighted by molar-refractivity contribution is 0.407. The van der Waals surface area contributed by atoms with Crippen LogP contribution in [0.4, 0.5) is 14.5 Å². The Kier molecular flexibility index (Phi) is 4.43. The van der Waals surface area contributed by atoms with Crippen molar-refractivity contribution in [3.05, 3.63) is 54.2 Å². The van der Waals surface area contributed by atoms with Gasteiger partial charge in [-0.1, -0.05) is 6.07 Å². The van der Waals surface area contributed by atoms with Crippen LogP contribution in [0.5, 0.6) is 0 Å². The van der Waals surface area contributed by atoms with E-state index in [4.69, 9.17) is 0 Å². The van der Waals surface area contributed by atoms with Crippen molar-refractivity contribution in [2.75, 3.05) is 18.0 Å². The Bertz CT molecular complexity index is 1260. The highest BCUT2D eigenvalue weighted by Crippen LogP contribution is 2.30. The molecule has 0 radical (unpaired) electrons. The quantitative estimate of drug-likeness (QED) is 0.540. The number of piperazine rings is 1. The predicted octanol–water partition coefficient (Wildman–Crippen LogP) is 4.25. The topological polar surface area (TPSA) is 46.0 Å². The molecule has 0 spiro atoms. The maximum absolute atomic E-state index is 15.0. The van der Waals surface area contributed by atoms with Gasteiger partial charge in [0.1, 0.15) is 11.0 Å². The lowest BCUT2D eigenvalue weighted by Gasteiger charge is -2.37. The number of nitrogens with one attached hydrogen (secondary N) is 1. The molecule has 1 aliphatic rings. The number of aryl methyl sites for hydroxylation is 1. The number of hydrogen-bond acceptors (Lipinski definition) is 4. The zero-order valence-electron chi connectivity index (χ0n) is 17.2. The van der Waals surface area contributed by atoms with Crippen LogP contribution in [0.1, 0.15) is 13.8 Å². The standard InChI is InChI=1S/C23H23F2N5/c1-13-10-30(11-14(2)26-13)18-7-15-4-5-21(27-22(15)20(25)9-18)16-6-17-12-29(3)28-23(17)19(24)8-16/h4-9,12-14,26H,10-11H2,1-3H3/t13-,14+. The molecule has 30 heavy (non-hydrogen) atoms. The van der Waals surface area contributed by atoms with Gasteiger partial charge in [-0.25, -0.2) is 13.8 Å². The molecule has 7 heteroatoms. The number of aromatic nitrogens is 3. The van der Waals surface area contributed by atoms with Gasteiger partial charge in [-0.15, -0.1) is 0 Å². The fraction of sp³-hybridized carbons (Fsp3) is 0.304. The van der Waals surface area contributed by atoms with Gasteiger partial charge in [-0.2, -0.15) is 5.10 Å². The van der Waals surface area contributed by atoms with E-state index in [1.54, 1.807) is 24.0 Å². The minimum Gasteiger partial charge on any atom is -0.368 e. The Morgan fingerprint density at radius 1 is 0.933 bits per heavy atom. The van der Waals surface area contributed by atoms with Gasteiger partial charge in [0.25, 0.3) is 0 Å². The van der Waals surface area contributed by atoms with Crippen molar-refractivity contribution in [3.8, 4) is 11.3 Å². The number of fused-ring (bicyclic) bond motifs is 2. The summed E-state index contributed by atoms with van der Waals surface area (Å²) in [5.41, 5.74) is 2.60. The predicted molar refractivity (Wildman–Crippen MR) is 116 cm³/mol. The van der Waals surface area contributed by atoms with E-state index in [1.165, 1.54) is 6.07 Å². The molecule has 2 aromatic carbocycles. The van der Waals surface area contributed by atoms with Gasteiger partial charge >= 0.3 is 0 Å². The van der Waals surface area contributed by atoms with E-state index in [1.807, 2.05) is 24.3 Å². The molecule has 4 aromatic rings. The summed E-state index contributed by atoms with van der Waals surface area (Å²) in [5, 5.41) is 9.04. The maximum Gasteiger partial charge on any atom is 0.151 e. The van der Waals surface area contributed by atoms with Crippen molar-refractivity contribution < 1.29 is 8.78 Å². The molecule has 5 rings (SSSR count). The Morgan fingerprint density at radius 2 is 1.67 bits per heavy atom. The van der Waals surface area contributed by atoms with Crippen LogP contribution in [0.15, 0.2) is 42.6 Å². The van der Waals surface area contributed by atoms with E-state index >= 15 is 4.39 Å². The highest BCUT2D eigenvalue weighted by atomic mass is 19.1. The third-order valence-corrected chi connectivity index (χ3v) is 5.63. The monoisotopic (exact) mass is 407 g/mol. The summed E-state index contributed by atoms with van der Waals surface area (Å²) >= 11 is 0.